The molecule has 0 atom stereocenters. The van der Waals surface area contributed by atoms with Gasteiger partial charge in [-0.3, -0.25) is 4.79 Å². The third kappa shape index (κ3) is 5.03. The lowest BCUT2D eigenvalue weighted by Crippen LogP contribution is -2.03. The number of thiazole rings is 1. The molecule has 84 valence electrons. The number of carboxylic acids is 1. The number of hydrogen-bond acceptors (Lipinski definition) is 5. The van der Waals surface area contributed by atoms with Gasteiger partial charge in [0, 0.05) is 11.9 Å². The van der Waals surface area contributed by atoms with E-state index in [1.165, 1.54) is 11.3 Å². The number of nitrogens with zero attached hydrogens (tertiary/aromatic N) is 1. The van der Waals surface area contributed by atoms with E-state index in [9.17, 15) is 4.79 Å². The molecule has 0 saturated carbocycles. The highest BCUT2D eigenvalue weighted by Crippen LogP contribution is 2.15. The van der Waals surface area contributed by atoms with E-state index in [1.807, 2.05) is 11.8 Å². The van der Waals surface area contributed by atoms with Crippen molar-refractivity contribution in [2.75, 3.05) is 23.9 Å². The summed E-state index contributed by atoms with van der Waals surface area (Å²) in [4.78, 5) is 14.6. The van der Waals surface area contributed by atoms with Gasteiger partial charge < -0.3 is 10.4 Å². The molecule has 0 aliphatic carbocycles. The van der Waals surface area contributed by atoms with Gasteiger partial charge in [0.1, 0.15) is 0 Å². The monoisotopic (exact) mass is 246 g/mol. The van der Waals surface area contributed by atoms with Crippen LogP contribution in [0.1, 0.15) is 12.1 Å². The van der Waals surface area contributed by atoms with Gasteiger partial charge in [0.25, 0.3) is 0 Å². The summed E-state index contributed by atoms with van der Waals surface area (Å²) in [6, 6.07) is 0. The summed E-state index contributed by atoms with van der Waals surface area (Å²) in [7, 11) is 0. The van der Waals surface area contributed by atoms with Crippen LogP contribution in [0.5, 0.6) is 0 Å². The van der Waals surface area contributed by atoms with Gasteiger partial charge >= 0.3 is 5.97 Å². The molecule has 0 spiro atoms. The van der Waals surface area contributed by atoms with Gasteiger partial charge in [-0.15, -0.1) is 11.3 Å². The van der Waals surface area contributed by atoms with Crippen molar-refractivity contribution >= 4 is 34.2 Å². The molecule has 0 saturated heterocycles. The molecule has 0 radical (unpaired) electrons. The molecule has 0 unspecified atom stereocenters. The van der Waals surface area contributed by atoms with E-state index < -0.39 is 5.97 Å². The lowest BCUT2D eigenvalue weighted by molar-refractivity contribution is -0.136. The number of aliphatic carboxylic acids is 1. The molecule has 1 heterocycles. The van der Waals surface area contributed by atoms with Crippen LogP contribution >= 0.6 is 23.1 Å². The molecule has 1 aromatic rings. The first-order valence-electron chi connectivity index (χ1n) is 4.61. The summed E-state index contributed by atoms with van der Waals surface area (Å²) >= 11 is 3.27. The van der Waals surface area contributed by atoms with Gasteiger partial charge in [-0.25, -0.2) is 4.98 Å². The second-order valence-corrected chi connectivity index (χ2v) is 4.83. The first-order chi connectivity index (χ1) is 7.22. The van der Waals surface area contributed by atoms with Crippen LogP contribution in [0.15, 0.2) is 5.38 Å². The van der Waals surface area contributed by atoms with Crippen molar-refractivity contribution in [2.45, 2.75) is 12.8 Å². The quantitative estimate of drug-likeness (QED) is 0.720. The Morgan fingerprint density at radius 1 is 1.73 bits per heavy atom. The average Bonchev–Trinajstić information content (AvgIpc) is 2.59. The predicted molar refractivity (Wildman–Crippen MR) is 64.9 cm³/mol. The third-order valence-corrected chi connectivity index (χ3v) is 3.23. The molecule has 1 rings (SSSR count). The fourth-order valence-electron chi connectivity index (χ4n) is 1.04. The van der Waals surface area contributed by atoms with E-state index in [1.54, 1.807) is 5.38 Å². The Bertz CT molecular complexity index is 315. The lowest BCUT2D eigenvalue weighted by Gasteiger charge is -2.00. The summed E-state index contributed by atoms with van der Waals surface area (Å²) in [6.45, 7) is 0.890. The molecular formula is C9H14N2O2S2. The number of thioether (sulfide) groups is 1. The maximum atomic E-state index is 10.4. The molecule has 0 fully saturated rings. The van der Waals surface area contributed by atoms with Crippen LogP contribution in [0, 0.1) is 0 Å². The number of carboxylic acid groups (broad SMARTS) is 1. The highest BCUT2D eigenvalue weighted by Gasteiger charge is 2.05. The minimum absolute atomic E-state index is 0.00297. The largest absolute Gasteiger partial charge is 0.481 e. The number of hydrogen-bond donors (Lipinski definition) is 2. The third-order valence-electron chi connectivity index (χ3n) is 1.69. The summed E-state index contributed by atoms with van der Waals surface area (Å²) in [5.74, 6) is 0.287. The predicted octanol–water partition coefficient (Wildman–Crippen LogP) is 1.94. The van der Waals surface area contributed by atoms with Crippen molar-refractivity contribution in [2.24, 2.45) is 0 Å². The van der Waals surface area contributed by atoms with Gasteiger partial charge in [0.2, 0.25) is 0 Å². The van der Waals surface area contributed by atoms with Crippen LogP contribution in [-0.4, -0.2) is 34.6 Å². The van der Waals surface area contributed by atoms with Crippen LogP contribution in [-0.2, 0) is 11.2 Å². The summed E-state index contributed by atoms with van der Waals surface area (Å²) in [6.07, 6.45) is 3.17. The zero-order valence-corrected chi connectivity index (χ0v) is 10.2. The topological polar surface area (TPSA) is 62.2 Å². The molecule has 1 aromatic heterocycles. The fraction of sp³-hybridized carbons (Fsp3) is 0.556. The van der Waals surface area contributed by atoms with E-state index >= 15 is 0 Å². The molecule has 0 bridgehead atoms. The smallest absolute Gasteiger partial charge is 0.309 e. The van der Waals surface area contributed by atoms with E-state index in [2.05, 4.69) is 16.6 Å². The first kappa shape index (κ1) is 12.3. The number of aromatic nitrogens is 1. The maximum absolute atomic E-state index is 10.4. The van der Waals surface area contributed by atoms with Crippen LogP contribution < -0.4 is 5.32 Å². The molecule has 6 heteroatoms. The lowest BCUT2D eigenvalue weighted by atomic mass is 10.3. The van der Waals surface area contributed by atoms with Gasteiger partial charge in [0.15, 0.2) is 5.13 Å². The highest BCUT2D eigenvalue weighted by atomic mass is 32.2. The number of carbonyl (C=O) groups is 1. The average molecular weight is 246 g/mol. The van der Waals surface area contributed by atoms with Gasteiger partial charge in [-0.2, -0.15) is 11.8 Å². The molecular weight excluding hydrogens is 232 g/mol. The normalized spacial score (nSPS) is 10.2. The second kappa shape index (κ2) is 6.68. The van der Waals surface area contributed by atoms with Gasteiger partial charge in [0.05, 0.1) is 12.1 Å². The Kier molecular flexibility index (Phi) is 5.49. The molecule has 0 aromatic carbocycles. The Balaban J connectivity index is 2.29. The standard InChI is InChI=1S/C9H14N2O2S2/c1-14-4-2-3-10-9-11-7(6-15-9)5-8(12)13/h6H,2-5H2,1H3,(H,10,11)(H,12,13). The summed E-state index contributed by atoms with van der Waals surface area (Å²) in [5.41, 5.74) is 0.625. The molecule has 0 aliphatic heterocycles. The first-order valence-corrected chi connectivity index (χ1v) is 6.88. The minimum Gasteiger partial charge on any atom is -0.481 e. The number of rotatable bonds is 7. The van der Waals surface area contributed by atoms with Crippen molar-refractivity contribution in [1.29, 1.82) is 0 Å². The van der Waals surface area contributed by atoms with Crippen molar-refractivity contribution in [1.82, 2.24) is 4.98 Å². The SMILES string of the molecule is CSCCCNc1nc(CC(=O)O)cs1. The number of nitrogens with one attached hydrogen (secondary N) is 1. The number of anilines is 1. The van der Waals surface area contributed by atoms with Gasteiger partial charge in [-0.1, -0.05) is 0 Å². The van der Waals surface area contributed by atoms with Gasteiger partial charge in [-0.05, 0) is 18.4 Å². The van der Waals surface area contributed by atoms with Crippen LogP contribution in [0.4, 0.5) is 5.13 Å². The summed E-state index contributed by atoms with van der Waals surface area (Å²) in [5, 5.41) is 14.3. The van der Waals surface area contributed by atoms with Crippen LogP contribution in [0.25, 0.3) is 0 Å². The molecule has 4 nitrogen and oxygen atoms in total. The van der Waals surface area contributed by atoms with Crippen molar-refractivity contribution in [3.63, 3.8) is 0 Å². The Labute approximate surface area is 97.1 Å². The Morgan fingerprint density at radius 3 is 3.20 bits per heavy atom. The van der Waals surface area contributed by atoms with Crippen molar-refractivity contribution < 1.29 is 9.90 Å². The maximum Gasteiger partial charge on any atom is 0.309 e. The Morgan fingerprint density at radius 2 is 2.53 bits per heavy atom. The van der Waals surface area contributed by atoms with Crippen LogP contribution in [0.2, 0.25) is 0 Å². The minimum atomic E-state index is -0.839. The van der Waals surface area contributed by atoms with Crippen molar-refractivity contribution in [3.05, 3.63) is 11.1 Å². The Hall–Kier alpha value is -0.750. The van der Waals surface area contributed by atoms with E-state index in [4.69, 9.17) is 5.11 Å². The second-order valence-electron chi connectivity index (χ2n) is 2.99. The van der Waals surface area contributed by atoms with E-state index in [0.717, 1.165) is 23.8 Å². The van der Waals surface area contributed by atoms with Crippen LogP contribution in [0.3, 0.4) is 0 Å². The molecule has 15 heavy (non-hydrogen) atoms. The summed E-state index contributed by atoms with van der Waals surface area (Å²) < 4.78 is 0. The fourth-order valence-corrected chi connectivity index (χ4v) is 2.21. The molecule has 0 aliphatic rings. The van der Waals surface area contributed by atoms with Crippen molar-refractivity contribution in [3.8, 4) is 0 Å². The molecule has 0 amide bonds. The zero-order chi connectivity index (χ0) is 11.1. The highest BCUT2D eigenvalue weighted by molar-refractivity contribution is 7.98. The van der Waals surface area contributed by atoms with E-state index in [-0.39, 0.29) is 6.42 Å². The van der Waals surface area contributed by atoms with E-state index in [0.29, 0.717) is 5.69 Å². The molecule has 2 N–H and O–H groups in total. The zero-order valence-electron chi connectivity index (χ0n) is 8.52.